The Hall–Kier alpha value is -1.05. The van der Waals surface area contributed by atoms with Gasteiger partial charge in [-0.25, -0.2) is 0 Å². The fraction of sp³-hybridized carbons (Fsp3) is 0.333. The number of pyridine rings is 1. The van der Waals surface area contributed by atoms with Crippen LogP contribution in [0.15, 0.2) is 12.4 Å². The molecule has 90 valence electrons. The van der Waals surface area contributed by atoms with Gasteiger partial charge in [0.05, 0.1) is 17.4 Å². The van der Waals surface area contributed by atoms with Gasteiger partial charge in [-0.2, -0.15) is 9.19 Å². The molecule has 0 aliphatic rings. The summed E-state index contributed by atoms with van der Waals surface area (Å²) in [6, 6.07) is 0. The van der Waals surface area contributed by atoms with Gasteiger partial charge in [-0.1, -0.05) is 0 Å². The highest BCUT2D eigenvalue weighted by Crippen LogP contribution is 2.28. The van der Waals surface area contributed by atoms with Gasteiger partial charge in [0.25, 0.3) is 0 Å². The fourth-order valence-electron chi connectivity index (χ4n) is 1.77. The van der Waals surface area contributed by atoms with Crippen molar-refractivity contribution in [1.82, 2.24) is 19.5 Å². The zero-order valence-corrected chi connectivity index (χ0v) is 10.4. The highest BCUT2D eigenvalue weighted by Gasteiger charge is 2.23. The van der Waals surface area contributed by atoms with Crippen molar-refractivity contribution in [1.29, 1.82) is 0 Å². The van der Waals surface area contributed by atoms with Gasteiger partial charge in [0.1, 0.15) is 15.7 Å². The van der Waals surface area contributed by atoms with E-state index in [4.69, 9.17) is 15.7 Å². The number of nitrogens with zero attached hydrogens (tertiary/aromatic N) is 3. The molecule has 9 heteroatoms. The third-order valence-corrected chi connectivity index (χ3v) is 2.87. The van der Waals surface area contributed by atoms with E-state index in [1.54, 1.807) is 7.05 Å². The summed E-state index contributed by atoms with van der Waals surface area (Å²) < 4.78 is 13.9. The molecule has 0 aromatic carbocycles. The summed E-state index contributed by atoms with van der Waals surface area (Å²) >= 11 is -0.0490. The average Bonchev–Trinajstić information content (AvgIpc) is 2.72. The predicted molar refractivity (Wildman–Crippen MR) is 69.8 cm³/mol. The van der Waals surface area contributed by atoms with Crippen molar-refractivity contribution in [3.8, 4) is 0 Å². The SMILES string of the molecule is [B]C([B])(O)c1ncc(CNC)c2c1cnn2SF. The van der Waals surface area contributed by atoms with Crippen molar-refractivity contribution >= 4 is 38.9 Å². The maximum atomic E-state index is 12.8. The lowest BCUT2D eigenvalue weighted by molar-refractivity contribution is 0.213. The number of rotatable bonds is 4. The van der Waals surface area contributed by atoms with Crippen LogP contribution in [0.4, 0.5) is 3.89 Å². The standard InChI is InChI=1S/C9H9B2FN4OS/c1-13-2-5-3-14-8(9(10,11)17)6-4-15-16(18-12)7(5)6/h3-4,13,17H,2H2,1H3. The molecule has 2 heterocycles. The Morgan fingerprint density at radius 3 is 2.83 bits per heavy atom. The first-order valence-corrected chi connectivity index (χ1v) is 5.76. The van der Waals surface area contributed by atoms with Crippen LogP contribution in [0.1, 0.15) is 11.3 Å². The third-order valence-electron chi connectivity index (χ3n) is 2.46. The van der Waals surface area contributed by atoms with Crippen LogP contribution in [-0.4, -0.2) is 42.0 Å². The molecular formula is C9H9B2FN4OS. The van der Waals surface area contributed by atoms with Gasteiger partial charge >= 0.3 is 0 Å². The third kappa shape index (κ3) is 2.25. The highest BCUT2D eigenvalue weighted by atomic mass is 32.2. The Labute approximate surface area is 110 Å². The number of aliphatic hydroxyl groups is 1. The molecule has 5 nitrogen and oxygen atoms in total. The maximum absolute atomic E-state index is 12.8. The number of aromatic nitrogens is 3. The zero-order chi connectivity index (χ0) is 13.3. The molecule has 0 bridgehead atoms. The molecule has 2 aromatic heterocycles. The first-order chi connectivity index (χ1) is 8.49. The molecule has 0 spiro atoms. The van der Waals surface area contributed by atoms with Gasteiger partial charge in [0.2, 0.25) is 0 Å². The molecule has 4 radical (unpaired) electrons. The van der Waals surface area contributed by atoms with Crippen LogP contribution in [0.2, 0.25) is 0 Å². The molecular weight excluding hydrogens is 253 g/mol. The highest BCUT2D eigenvalue weighted by molar-refractivity contribution is 7.92. The lowest BCUT2D eigenvalue weighted by Gasteiger charge is -2.19. The molecule has 2 rings (SSSR count). The summed E-state index contributed by atoms with van der Waals surface area (Å²) in [5.74, 6) is 0. The van der Waals surface area contributed by atoms with E-state index in [1.165, 1.54) is 12.4 Å². The van der Waals surface area contributed by atoms with Crippen molar-refractivity contribution in [2.24, 2.45) is 0 Å². The monoisotopic (exact) mass is 262 g/mol. The van der Waals surface area contributed by atoms with Crippen LogP contribution in [0.5, 0.6) is 0 Å². The summed E-state index contributed by atoms with van der Waals surface area (Å²) in [7, 11) is 12.6. The molecule has 0 saturated heterocycles. The first kappa shape index (κ1) is 13.4. The van der Waals surface area contributed by atoms with Gasteiger partial charge in [-0.15, -0.1) is 3.89 Å². The lowest BCUT2D eigenvalue weighted by atomic mass is 9.62. The molecule has 0 unspecified atom stereocenters. The second-order valence-electron chi connectivity index (χ2n) is 3.84. The quantitative estimate of drug-likeness (QED) is 0.757. The molecule has 0 atom stereocenters. The predicted octanol–water partition coefficient (Wildman–Crippen LogP) is -0.0289. The number of hydrogen-bond donors (Lipinski definition) is 2. The summed E-state index contributed by atoms with van der Waals surface area (Å²) in [5, 5.41) is 14.7. The van der Waals surface area contributed by atoms with E-state index < -0.39 is 5.40 Å². The molecule has 2 aromatic rings. The Morgan fingerprint density at radius 1 is 1.56 bits per heavy atom. The van der Waals surface area contributed by atoms with Gasteiger partial charge in [-0.3, -0.25) is 4.98 Å². The Kier molecular flexibility index (Phi) is 3.65. The number of nitrogens with one attached hydrogen (secondary N) is 1. The Balaban J connectivity index is 2.73. The van der Waals surface area contributed by atoms with E-state index >= 15 is 0 Å². The summed E-state index contributed by atoms with van der Waals surface area (Å²) in [6.45, 7) is 0.476. The Morgan fingerprint density at radius 2 is 2.28 bits per heavy atom. The van der Waals surface area contributed by atoms with Gasteiger partial charge in [0, 0.05) is 29.1 Å². The summed E-state index contributed by atoms with van der Waals surface area (Å²) in [4.78, 5) is 4.02. The van der Waals surface area contributed by atoms with Crippen LogP contribution >= 0.6 is 12.3 Å². The minimum atomic E-state index is -2.09. The van der Waals surface area contributed by atoms with E-state index in [0.717, 1.165) is 9.65 Å². The molecule has 0 aliphatic carbocycles. The molecule has 0 fully saturated rings. The van der Waals surface area contributed by atoms with E-state index in [-0.39, 0.29) is 18.0 Å². The Bertz CT molecular complexity index is 571. The van der Waals surface area contributed by atoms with E-state index in [0.29, 0.717) is 17.4 Å². The first-order valence-electron chi connectivity index (χ1n) is 5.09. The van der Waals surface area contributed by atoms with Crippen molar-refractivity contribution in [2.75, 3.05) is 7.05 Å². The van der Waals surface area contributed by atoms with Gasteiger partial charge in [-0.05, 0) is 7.05 Å². The number of halogens is 1. The van der Waals surface area contributed by atoms with Crippen molar-refractivity contribution in [3.63, 3.8) is 0 Å². The number of fused-ring (bicyclic) bond motifs is 1. The lowest BCUT2D eigenvalue weighted by Crippen LogP contribution is -2.27. The van der Waals surface area contributed by atoms with Crippen LogP contribution in [-0.2, 0) is 11.9 Å². The zero-order valence-electron chi connectivity index (χ0n) is 9.59. The van der Waals surface area contributed by atoms with Crippen LogP contribution in [0, 0.1) is 0 Å². The second-order valence-corrected chi connectivity index (χ2v) is 4.32. The van der Waals surface area contributed by atoms with E-state index in [9.17, 15) is 8.99 Å². The van der Waals surface area contributed by atoms with Crippen molar-refractivity contribution in [3.05, 3.63) is 23.7 Å². The summed E-state index contributed by atoms with van der Waals surface area (Å²) in [5.41, 5.74) is 1.26. The van der Waals surface area contributed by atoms with Crippen LogP contribution < -0.4 is 5.32 Å². The number of hydrogen-bond acceptors (Lipinski definition) is 5. The minimum Gasteiger partial charge on any atom is -0.403 e. The molecule has 0 saturated carbocycles. The topological polar surface area (TPSA) is 63.0 Å². The normalized spacial score (nSPS) is 12.2. The van der Waals surface area contributed by atoms with Gasteiger partial charge in [0.15, 0.2) is 12.3 Å². The fourth-order valence-corrected chi connectivity index (χ4v) is 2.13. The van der Waals surface area contributed by atoms with E-state index in [2.05, 4.69) is 15.4 Å². The van der Waals surface area contributed by atoms with Crippen LogP contribution in [0.3, 0.4) is 0 Å². The molecule has 2 N–H and O–H groups in total. The molecule has 0 amide bonds. The van der Waals surface area contributed by atoms with Crippen molar-refractivity contribution < 1.29 is 8.99 Å². The largest absolute Gasteiger partial charge is 0.403 e. The summed E-state index contributed by atoms with van der Waals surface area (Å²) in [6.07, 6.45) is 2.85. The average molecular weight is 262 g/mol. The van der Waals surface area contributed by atoms with Crippen molar-refractivity contribution in [2.45, 2.75) is 11.9 Å². The van der Waals surface area contributed by atoms with Crippen LogP contribution in [0.25, 0.3) is 10.9 Å². The minimum absolute atomic E-state index is 0.0490. The van der Waals surface area contributed by atoms with Gasteiger partial charge < -0.3 is 10.4 Å². The molecule has 0 aliphatic heterocycles. The second kappa shape index (κ2) is 4.91. The smallest absolute Gasteiger partial charge is 0.188 e. The molecule has 18 heavy (non-hydrogen) atoms. The van der Waals surface area contributed by atoms with E-state index in [1.807, 2.05) is 0 Å². The maximum Gasteiger partial charge on any atom is 0.188 e.